The Hall–Kier alpha value is -2.80. The molecule has 4 heteroatoms. The van der Waals surface area contributed by atoms with E-state index in [9.17, 15) is 15.2 Å². The van der Waals surface area contributed by atoms with Gasteiger partial charge in [-0.1, -0.05) is 18.2 Å². The van der Waals surface area contributed by atoms with E-state index in [0.717, 1.165) is 54.7 Å². The maximum atomic E-state index is 11.6. The van der Waals surface area contributed by atoms with Gasteiger partial charge in [-0.3, -0.25) is 0 Å². The summed E-state index contributed by atoms with van der Waals surface area (Å²) in [7, 11) is 0. The largest absolute Gasteiger partial charge is 0.478 e. The number of para-hydroxylation sites is 1. The van der Waals surface area contributed by atoms with Gasteiger partial charge >= 0.3 is 5.97 Å². The van der Waals surface area contributed by atoms with E-state index in [1.54, 1.807) is 0 Å². The molecule has 4 nitrogen and oxygen atoms in total. The fraction of sp³-hybridized carbons (Fsp3) is 0.391. The molecule has 1 heterocycles. The van der Waals surface area contributed by atoms with Gasteiger partial charge in [0, 0.05) is 13.1 Å². The van der Waals surface area contributed by atoms with Gasteiger partial charge < -0.3 is 10.0 Å². The van der Waals surface area contributed by atoms with Gasteiger partial charge in [0.05, 0.1) is 16.8 Å². The second kappa shape index (κ2) is 7.84. The second-order valence-electron chi connectivity index (χ2n) is 7.56. The van der Waals surface area contributed by atoms with E-state index in [0.29, 0.717) is 11.5 Å². The van der Waals surface area contributed by atoms with Crippen LogP contribution in [0.3, 0.4) is 0 Å². The molecule has 1 aliphatic rings. The molecule has 0 unspecified atom stereocenters. The molecule has 3 rings (SSSR count). The minimum absolute atomic E-state index is 0.455. The van der Waals surface area contributed by atoms with Crippen molar-refractivity contribution in [2.24, 2.45) is 5.92 Å². The van der Waals surface area contributed by atoms with Crippen LogP contribution in [0.4, 0.5) is 5.69 Å². The minimum atomic E-state index is -0.839. The van der Waals surface area contributed by atoms with Crippen LogP contribution in [0.5, 0.6) is 0 Å². The lowest BCUT2D eigenvalue weighted by Gasteiger charge is -2.34. The van der Waals surface area contributed by atoms with E-state index < -0.39 is 5.97 Å². The Balaban J connectivity index is 1.74. The van der Waals surface area contributed by atoms with Crippen LogP contribution in [0.15, 0.2) is 30.3 Å². The van der Waals surface area contributed by atoms with Crippen LogP contribution in [-0.4, -0.2) is 24.2 Å². The van der Waals surface area contributed by atoms with Crippen molar-refractivity contribution in [1.29, 1.82) is 5.26 Å². The molecule has 0 atom stereocenters. The first-order chi connectivity index (χ1) is 12.9. The quantitative estimate of drug-likeness (QED) is 0.860. The summed E-state index contributed by atoms with van der Waals surface area (Å²) in [5, 5.41) is 18.9. The highest BCUT2D eigenvalue weighted by molar-refractivity contribution is 5.91. The predicted octanol–water partition coefficient (Wildman–Crippen LogP) is 4.64. The molecule has 140 valence electrons. The number of hydrogen-bond donors (Lipinski definition) is 1. The van der Waals surface area contributed by atoms with Crippen molar-refractivity contribution < 1.29 is 9.90 Å². The molecule has 0 aliphatic carbocycles. The van der Waals surface area contributed by atoms with Crippen molar-refractivity contribution in [3.63, 3.8) is 0 Å². The Kier molecular flexibility index (Phi) is 5.51. The summed E-state index contributed by atoms with van der Waals surface area (Å²) >= 11 is 0. The highest BCUT2D eigenvalue weighted by Gasteiger charge is 2.24. The van der Waals surface area contributed by atoms with Crippen molar-refractivity contribution in [3.05, 3.63) is 63.7 Å². The number of hydrogen-bond acceptors (Lipinski definition) is 3. The van der Waals surface area contributed by atoms with Crippen LogP contribution < -0.4 is 4.90 Å². The van der Waals surface area contributed by atoms with E-state index in [2.05, 4.69) is 17.9 Å². The van der Waals surface area contributed by atoms with E-state index in [-0.39, 0.29) is 0 Å². The molecule has 0 spiro atoms. The number of anilines is 1. The van der Waals surface area contributed by atoms with Crippen LogP contribution in [0.25, 0.3) is 0 Å². The number of nitriles is 1. The van der Waals surface area contributed by atoms with E-state index in [1.165, 1.54) is 11.1 Å². The Bertz CT molecular complexity index is 903. The number of benzene rings is 2. The van der Waals surface area contributed by atoms with Gasteiger partial charge in [0.2, 0.25) is 0 Å². The third-order valence-electron chi connectivity index (χ3n) is 5.82. The Morgan fingerprint density at radius 1 is 1.19 bits per heavy atom. The van der Waals surface area contributed by atoms with Gasteiger partial charge in [-0.2, -0.15) is 5.26 Å². The van der Waals surface area contributed by atoms with Gasteiger partial charge in [-0.15, -0.1) is 0 Å². The average molecular weight is 362 g/mol. The number of aryl methyl sites for hydroxylation is 2. The molecule has 2 aromatic carbocycles. The zero-order chi connectivity index (χ0) is 19.6. The van der Waals surface area contributed by atoms with Gasteiger partial charge in [0.15, 0.2) is 0 Å². The molecule has 0 bridgehead atoms. The molecule has 27 heavy (non-hydrogen) atoms. The van der Waals surface area contributed by atoms with E-state index >= 15 is 0 Å². The summed E-state index contributed by atoms with van der Waals surface area (Å²) in [6.45, 7) is 7.76. The first-order valence-electron chi connectivity index (χ1n) is 9.49. The third kappa shape index (κ3) is 3.83. The van der Waals surface area contributed by atoms with Crippen LogP contribution in [0.1, 0.15) is 51.0 Å². The number of piperidine rings is 1. The lowest BCUT2D eigenvalue weighted by atomic mass is 9.84. The molecular weight excluding hydrogens is 336 g/mol. The van der Waals surface area contributed by atoms with Crippen molar-refractivity contribution in [2.45, 2.75) is 40.0 Å². The summed E-state index contributed by atoms with van der Waals surface area (Å²) < 4.78 is 0. The van der Waals surface area contributed by atoms with Gasteiger partial charge in [0.25, 0.3) is 0 Å². The molecule has 1 saturated heterocycles. The summed E-state index contributed by atoms with van der Waals surface area (Å²) in [5.74, 6) is -0.300. The first-order valence-corrected chi connectivity index (χ1v) is 9.49. The van der Waals surface area contributed by atoms with Crippen LogP contribution >= 0.6 is 0 Å². The number of aromatic carboxylic acids is 1. The highest BCUT2D eigenvalue weighted by Crippen LogP contribution is 2.31. The van der Waals surface area contributed by atoms with Crippen LogP contribution in [-0.2, 0) is 6.42 Å². The molecule has 1 N–H and O–H groups in total. The maximum absolute atomic E-state index is 11.6. The smallest absolute Gasteiger partial charge is 0.336 e. The Labute approximate surface area is 161 Å². The minimum Gasteiger partial charge on any atom is -0.478 e. The molecule has 0 amide bonds. The van der Waals surface area contributed by atoms with Crippen molar-refractivity contribution in [3.8, 4) is 6.07 Å². The lowest BCUT2D eigenvalue weighted by molar-refractivity contribution is 0.0695. The fourth-order valence-electron chi connectivity index (χ4n) is 4.38. The van der Waals surface area contributed by atoms with Crippen molar-refractivity contribution >= 4 is 11.7 Å². The van der Waals surface area contributed by atoms with Gasteiger partial charge in [0.1, 0.15) is 6.07 Å². The number of rotatable bonds is 4. The molecule has 1 fully saturated rings. The lowest BCUT2D eigenvalue weighted by Crippen LogP contribution is -2.35. The molecule has 0 saturated carbocycles. The zero-order valence-corrected chi connectivity index (χ0v) is 16.2. The van der Waals surface area contributed by atoms with Crippen LogP contribution in [0, 0.1) is 38.0 Å². The Morgan fingerprint density at radius 2 is 1.85 bits per heavy atom. The molecule has 0 radical (unpaired) electrons. The maximum Gasteiger partial charge on any atom is 0.336 e. The second-order valence-corrected chi connectivity index (χ2v) is 7.56. The standard InChI is InChI=1S/C23H26N2O2/c1-15-12-16(2)22(23(26)27)17(3)20(15)13-18-8-10-25(11-9-18)21-7-5-4-6-19(21)14-24/h4-7,12,18H,8-11,13H2,1-3H3,(H,26,27). The monoisotopic (exact) mass is 362 g/mol. The molecule has 2 aromatic rings. The fourth-order valence-corrected chi connectivity index (χ4v) is 4.38. The van der Waals surface area contributed by atoms with Crippen molar-refractivity contribution in [1.82, 2.24) is 0 Å². The first kappa shape index (κ1) is 19.0. The van der Waals surface area contributed by atoms with Gasteiger partial charge in [-0.05, 0) is 80.3 Å². The summed E-state index contributed by atoms with van der Waals surface area (Å²) in [6.07, 6.45) is 3.02. The summed E-state index contributed by atoms with van der Waals surface area (Å²) in [4.78, 5) is 13.9. The van der Waals surface area contributed by atoms with E-state index in [4.69, 9.17) is 0 Å². The summed E-state index contributed by atoms with van der Waals surface area (Å²) in [6, 6.07) is 12.1. The van der Waals surface area contributed by atoms with Crippen molar-refractivity contribution in [2.75, 3.05) is 18.0 Å². The third-order valence-corrected chi connectivity index (χ3v) is 5.82. The molecule has 1 aliphatic heterocycles. The topological polar surface area (TPSA) is 64.3 Å². The van der Waals surface area contributed by atoms with Gasteiger partial charge in [-0.25, -0.2) is 4.79 Å². The highest BCUT2D eigenvalue weighted by atomic mass is 16.4. The number of nitrogens with zero attached hydrogens (tertiary/aromatic N) is 2. The zero-order valence-electron chi connectivity index (χ0n) is 16.2. The SMILES string of the molecule is Cc1cc(C)c(C(=O)O)c(C)c1CC1CCN(c2ccccc2C#N)CC1. The number of carboxylic acids is 1. The number of carboxylic acid groups (broad SMARTS) is 1. The average Bonchev–Trinajstić information content (AvgIpc) is 2.65. The normalized spacial score (nSPS) is 14.8. The summed E-state index contributed by atoms with van der Waals surface area (Å²) in [5.41, 5.74) is 6.33. The molecule has 0 aromatic heterocycles. The number of carbonyl (C=O) groups is 1. The Morgan fingerprint density at radius 3 is 2.48 bits per heavy atom. The van der Waals surface area contributed by atoms with Crippen LogP contribution in [0.2, 0.25) is 0 Å². The predicted molar refractivity (Wildman–Crippen MR) is 107 cm³/mol. The molecular formula is C23H26N2O2. The van der Waals surface area contributed by atoms with E-state index in [1.807, 2.05) is 44.2 Å².